The van der Waals surface area contributed by atoms with Crippen molar-refractivity contribution in [2.75, 3.05) is 13.7 Å². The molecule has 2 aromatic carbocycles. The monoisotopic (exact) mass is 427 g/mol. The number of nitrogens with one attached hydrogen (secondary N) is 1. The molecule has 2 rings (SSSR count). The number of hydrogen-bond donors (Lipinski definition) is 2. The quantitative estimate of drug-likeness (QED) is 0.418. The van der Waals surface area contributed by atoms with E-state index in [1.165, 1.54) is 5.39 Å². The zero-order valence-electron chi connectivity index (χ0n) is 14.0. The molecule has 0 aromatic heterocycles. The number of guanidine groups is 1. The minimum atomic E-state index is 0. The Morgan fingerprint density at radius 3 is 2.57 bits per heavy atom. The third kappa shape index (κ3) is 6.25. The van der Waals surface area contributed by atoms with Crippen molar-refractivity contribution < 1.29 is 4.74 Å². The normalized spacial score (nSPS) is 11.4. The molecule has 0 aliphatic rings. The van der Waals surface area contributed by atoms with Crippen LogP contribution in [0.1, 0.15) is 25.8 Å². The van der Waals surface area contributed by atoms with E-state index in [4.69, 9.17) is 10.5 Å². The Bertz CT molecular complexity index is 656. The van der Waals surface area contributed by atoms with Gasteiger partial charge in [-0.25, -0.2) is 4.99 Å². The Labute approximate surface area is 155 Å². The molecule has 0 bridgehead atoms. The van der Waals surface area contributed by atoms with Crippen molar-refractivity contribution in [3.63, 3.8) is 0 Å². The number of benzene rings is 2. The van der Waals surface area contributed by atoms with Crippen molar-refractivity contribution in [3.05, 3.63) is 42.0 Å². The van der Waals surface area contributed by atoms with Crippen LogP contribution in [0, 0.1) is 5.92 Å². The number of ether oxygens (including phenoxy) is 1. The van der Waals surface area contributed by atoms with Gasteiger partial charge in [-0.1, -0.05) is 32.0 Å². The van der Waals surface area contributed by atoms with E-state index in [1.54, 1.807) is 7.11 Å². The van der Waals surface area contributed by atoms with Crippen LogP contribution < -0.4 is 15.8 Å². The highest BCUT2D eigenvalue weighted by atomic mass is 127. The first-order valence-electron chi connectivity index (χ1n) is 7.69. The van der Waals surface area contributed by atoms with Gasteiger partial charge in [0.2, 0.25) is 0 Å². The zero-order valence-corrected chi connectivity index (χ0v) is 16.3. The summed E-state index contributed by atoms with van der Waals surface area (Å²) in [4.78, 5) is 4.39. The van der Waals surface area contributed by atoms with E-state index < -0.39 is 0 Å². The van der Waals surface area contributed by atoms with E-state index in [0.717, 1.165) is 29.7 Å². The smallest absolute Gasteiger partial charge is 0.188 e. The van der Waals surface area contributed by atoms with Gasteiger partial charge in [-0.05, 0) is 46.9 Å². The second-order valence-electron chi connectivity index (χ2n) is 5.86. The minimum absolute atomic E-state index is 0. The number of nitrogens with zero attached hydrogens (tertiary/aromatic N) is 1. The van der Waals surface area contributed by atoms with Crippen LogP contribution in [0.3, 0.4) is 0 Å². The fourth-order valence-electron chi connectivity index (χ4n) is 2.22. The van der Waals surface area contributed by atoms with E-state index in [9.17, 15) is 0 Å². The fraction of sp³-hybridized carbons (Fsp3) is 0.389. The summed E-state index contributed by atoms with van der Waals surface area (Å²) in [5.41, 5.74) is 7.03. The van der Waals surface area contributed by atoms with Gasteiger partial charge in [0.1, 0.15) is 5.75 Å². The third-order valence-corrected chi connectivity index (χ3v) is 3.57. The predicted molar refractivity (Wildman–Crippen MR) is 109 cm³/mol. The summed E-state index contributed by atoms with van der Waals surface area (Å²) in [7, 11) is 1.68. The van der Waals surface area contributed by atoms with E-state index in [0.29, 0.717) is 18.4 Å². The molecule has 4 nitrogen and oxygen atoms in total. The van der Waals surface area contributed by atoms with Crippen LogP contribution in [0.4, 0.5) is 0 Å². The molecule has 0 fully saturated rings. The number of rotatable bonds is 6. The van der Waals surface area contributed by atoms with Crippen LogP contribution in [-0.2, 0) is 6.54 Å². The Morgan fingerprint density at radius 2 is 1.87 bits per heavy atom. The number of nitrogens with two attached hydrogens (primary N) is 1. The lowest BCUT2D eigenvalue weighted by Crippen LogP contribution is -2.32. The SMILES string of the molecule is COc1ccc2cc(CN=C(N)NCCC(C)C)ccc2c1.I. The number of aliphatic imine (C=N–C) groups is 1. The summed E-state index contributed by atoms with van der Waals surface area (Å²) in [6.07, 6.45) is 1.09. The van der Waals surface area contributed by atoms with Crippen LogP contribution in [0.25, 0.3) is 10.8 Å². The second-order valence-corrected chi connectivity index (χ2v) is 5.86. The summed E-state index contributed by atoms with van der Waals surface area (Å²) in [6, 6.07) is 12.4. The van der Waals surface area contributed by atoms with Crippen molar-refractivity contribution >= 4 is 40.7 Å². The average molecular weight is 427 g/mol. The van der Waals surface area contributed by atoms with Crippen molar-refractivity contribution in [3.8, 4) is 5.75 Å². The van der Waals surface area contributed by atoms with Crippen molar-refractivity contribution in [2.24, 2.45) is 16.6 Å². The van der Waals surface area contributed by atoms with Crippen LogP contribution in [-0.4, -0.2) is 19.6 Å². The molecule has 0 saturated heterocycles. The Hall–Kier alpha value is -1.50. The standard InChI is InChI=1S/C18H25N3O.HI/c1-13(2)8-9-20-18(19)21-12-14-4-5-16-11-17(22-3)7-6-15(16)10-14;/h4-7,10-11,13H,8-9,12H2,1-3H3,(H3,19,20,21);1H. The molecule has 0 amide bonds. The van der Waals surface area contributed by atoms with Gasteiger partial charge in [0.05, 0.1) is 13.7 Å². The van der Waals surface area contributed by atoms with Crippen LogP contribution in [0.15, 0.2) is 41.4 Å². The number of methoxy groups -OCH3 is 1. The lowest BCUT2D eigenvalue weighted by atomic mass is 10.1. The van der Waals surface area contributed by atoms with Crippen LogP contribution >= 0.6 is 24.0 Å². The summed E-state index contributed by atoms with van der Waals surface area (Å²) >= 11 is 0. The largest absolute Gasteiger partial charge is 0.497 e. The van der Waals surface area contributed by atoms with Crippen molar-refractivity contribution in [1.82, 2.24) is 5.32 Å². The van der Waals surface area contributed by atoms with E-state index in [2.05, 4.69) is 48.4 Å². The first-order valence-corrected chi connectivity index (χ1v) is 7.69. The van der Waals surface area contributed by atoms with E-state index in [1.807, 2.05) is 12.1 Å². The number of hydrogen-bond acceptors (Lipinski definition) is 2. The molecule has 0 saturated carbocycles. The molecule has 5 heteroatoms. The molecular formula is C18H26IN3O. The Kier molecular flexibility index (Phi) is 8.16. The molecule has 0 unspecified atom stereocenters. The zero-order chi connectivity index (χ0) is 15.9. The molecule has 3 N–H and O–H groups in total. The Morgan fingerprint density at radius 1 is 1.17 bits per heavy atom. The van der Waals surface area contributed by atoms with Crippen LogP contribution in [0.5, 0.6) is 5.75 Å². The summed E-state index contributed by atoms with van der Waals surface area (Å²) < 4.78 is 5.24. The molecule has 0 radical (unpaired) electrons. The van der Waals surface area contributed by atoms with E-state index in [-0.39, 0.29) is 24.0 Å². The molecule has 23 heavy (non-hydrogen) atoms. The lowest BCUT2D eigenvalue weighted by molar-refractivity contribution is 0.415. The van der Waals surface area contributed by atoms with Gasteiger partial charge >= 0.3 is 0 Å². The first kappa shape index (κ1) is 19.5. The first-order chi connectivity index (χ1) is 10.6. The van der Waals surface area contributed by atoms with Crippen molar-refractivity contribution in [1.29, 1.82) is 0 Å². The summed E-state index contributed by atoms with van der Waals surface area (Å²) in [5.74, 6) is 2.05. The van der Waals surface area contributed by atoms with Gasteiger partial charge in [-0.3, -0.25) is 0 Å². The summed E-state index contributed by atoms with van der Waals surface area (Å²) in [5, 5.41) is 5.49. The second kappa shape index (κ2) is 9.60. The van der Waals surface area contributed by atoms with Gasteiger partial charge in [0.15, 0.2) is 5.96 Å². The third-order valence-electron chi connectivity index (χ3n) is 3.57. The highest BCUT2D eigenvalue weighted by Gasteiger charge is 2.00. The summed E-state index contributed by atoms with van der Waals surface area (Å²) in [6.45, 7) is 5.84. The fourth-order valence-corrected chi connectivity index (χ4v) is 2.22. The molecule has 0 spiro atoms. The maximum absolute atomic E-state index is 5.88. The number of halogens is 1. The van der Waals surface area contributed by atoms with Crippen LogP contribution in [0.2, 0.25) is 0 Å². The average Bonchev–Trinajstić information content (AvgIpc) is 2.51. The van der Waals surface area contributed by atoms with E-state index >= 15 is 0 Å². The molecule has 0 atom stereocenters. The number of fused-ring (bicyclic) bond motifs is 1. The molecular weight excluding hydrogens is 401 g/mol. The maximum Gasteiger partial charge on any atom is 0.188 e. The van der Waals surface area contributed by atoms with Gasteiger partial charge in [0.25, 0.3) is 0 Å². The topological polar surface area (TPSA) is 59.6 Å². The molecule has 0 heterocycles. The predicted octanol–water partition coefficient (Wildman–Crippen LogP) is 3.92. The van der Waals surface area contributed by atoms with Crippen molar-refractivity contribution in [2.45, 2.75) is 26.8 Å². The highest BCUT2D eigenvalue weighted by molar-refractivity contribution is 14.0. The highest BCUT2D eigenvalue weighted by Crippen LogP contribution is 2.22. The minimum Gasteiger partial charge on any atom is -0.497 e. The van der Waals surface area contributed by atoms with Gasteiger partial charge in [0, 0.05) is 6.54 Å². The van der Waals surface area contributed by atoms with Gasteiger partial charge < -0.3 is 15.8 Å². The van der Waals surface area contributed by atoms with Gasteiger partial charge in [-0.2, -0.15) is 0 Å². The molecule has 2 aromatic rings. The Balaban J connectivity index is 0.00000264. The molecule has 0 aliphatic heterocycles. The molecule has 0 aliphatic carbocycles. The molecule has 126 valence electrons. The maximum atomic E-state index is 5.88. The lowest BCUT2D eigenvalue weighted by Gasteiger charge is -2.08. The van der Waals surface area contributed by atoms with Gasteiger partial charge in [-0.15, -0.1) is 24.0 Å².